The van der Waals surface area contributed by atoms with Gasteiger partial charge in [0, 0.05) is 6.04 Å². The minimum atomic E-state index is 0.521. The maximum Gasteiger partial charge on any atom is 0.213 e. The zero-order valence-corrected chi connectivity index (χ0v) is 11.4. The summed E-state index contributed by atoms with van der Waals surface area (Å²) in [5.74, 6) is 1.51. The molecule has 0 aliphatic carbocycles. The summed E-state index contributed by atoms with van der Waals surface area (Å²) in [7, 11) is 0. The van der Waals surface area contributed by atoms with Crippen LogP contribution in [0.2, 0.25) is 0 Å². The summed E-state index contributed by atoms with van der Waals surface area (Å²) in [5, 5.41) is 7.31. The predicted molar refractivity (Wildman–Crippen MR) is 70.1 cm³/mol. The smallest absolute Gasteiger partial charge is 0.213 e. The van der Waals surface area contributed by atoms with E-state index in [2.05, 4.69) is 34.2 Å². The summed E-state index contributed by atoms with van der Waals surface area (Å²) in [5.41, 5.74) is 0. The van der Waals surface area contributed by atoms with Crippen LogP contribution in [-0.4, -0.2) is 40.7 Å². The molecular weight excluding hydrogens is 228 g/mol. The van der Waals surface area contributed by atoms with Gasteiger partial charge in [0.05, 0.1) is 6.54 Å². The topological polar surface area (TPSA) is 54.2 Å². The van der Waals surface area contributed by atoms with Crippen molar-refractivity contribution >= 4 is 0 Å². The highest BCUT2D eigenvalue weighted by Gasteiger charge is 2.23. The Morgan fingerprint density at radius 3 is 2.89 bits per heavy atom. The van der Waals surface area contributed by atoms with Crippen molar-refractivity contribution in [1.29, 1.82) is 0 Å². The Bertz CT molecular complexity index is 320. The Hall–Kier alpha value is -0.940. The SMILES string of the molecule is CCCN1CCC(C(C)NCc2ncon2)CC1. The molecule has 1 aliphatic rings. The molecule has 1 N–H and O–H groups in total. The third-order valence-electron chi connectivity index (χ3n) is 3.87. The van der Waals surface area contributed by atoms with Gasteiger partial charge in [0.2, 0.25) is 6.39 Å². The first-order chi connectivity index (χ1) is 8.79. The van der Waals surface area contributed by atoms with Gasteiger partial charge in [-0.05, 0) is 51.7 Å². The second kappa shape index (κ2) is 6.85. The highest BCUT2D eigenvalue weighted by molar-refractivity contribution is 4.83. The molecule has 0 saturated carbocycles. The first-order valence-electron chi connectivity index (χ1n) is 7.00. The van der Waals surface area contributed by atoms with Gasteiger partial charge in [-0.15, -0.1) is 0 Å². The van der Waals surface area contributed by atoms with E-state index in [1.165, 1.54) is 45.3 Å². The number of rotatable bonds is 6. The van der Waals surface area contributed by atoms with Crippen molar-refractivity contribution in [1.82, 2.24) is 20.4 Å². The number of aromatic nitrogens is 2. The number of hydrogen-bond donors (Lipinski definition) is 1. The van der Waals surface area contributed by atoms with E-state index in [0.717, 1.165) is 11.7 Å². The van der Waals surface area contributed by atoms with Crippen molar-refractivity contribution in [3.05, 3.63) is 12.2 Å². The van der Waals surface area contributed by atoms with Crippen molar-refractivity contribution in [2.24, 2.45) is 5.92 Å². The summed E-state index contributed by atoms with van der Waals surface area (Å²) in [6.07, 6.45) is 5.22. The van der Waals surface area contributed by atoms with Crippen LogP contribution in [-0.2, 0) is 6.54 Å². The van der Waals surface area contributed by atoms with Gasteiger partial charge in [-0.1, -0.05) is 12.1 Å². The fourth-order valence-electron chi connectivity index (χ4n) is 2.68. The van der Waals surface area contributed by atoms with Crippen molar-refractivity contribution in [3.8, 4) is 0 Å². The highest BCUT2D eigenvalue weighted by Crippen LogP contribution is 2.20. The molecule has 0 spiro atoms. The molecule has 1 saturated heterocycles. The molecule has 102 valence electrons. The van der Waals surface area contributed by atoms with E-state index in [4.69, 9.17) is 4.52 Å². The van der Waals surface area contributed by atoms with Crippen LogP contribution >= 0.6 is 0 Å². The van der Waals surface area contributed by atoms with Crippen LogP contribution in [0.15, 0.2) is 10.9 Å². The summed E-state index contributed by atoms with van der Waals surface area (Å²) in [4.78, 5) is 6.59. The average molecular weight is 252 g/mol. The van der Waals surface area contributed by atoms with Crippen molar-refractivity contribution < 1.29 is 4.52 Å². The third-order valence-corrected chi connectivity index (χ3v) is 3.87. The molecule has 0 aromatic carbocycles. The molecule has 1 aromatic rings. The average Bonchev–Trinajstić information content (AvgIpc) is 2.90. The number of piperidine rings is 1. The summed E-state index contributed by atoms with van der Waals surface area (Å²) >= 11 is 0. The van der Waals surface area contributed by atoms with Crippen LogP contribution in [0.3, 0.4) is 0 Å². The monoisotopic (exact) mass is 252 g/mol. The Morgan fingerprint density at radius 2 is 2.28 bits per heavy atom. The van der Waals surface area contributed by atoms with E-state index in [1.54, 1.807) is 0 Å². The van der Waals surface area contributed by atoms with Crippen LogP contribution < -0.4 is 5.32 Å². The lowest BCUT2D eigenvalue weighted by Gasteiger charge is -2.34. The normalized spacial score (nSPS) is 20.1. The van der Waals surface area contributed by atoms with Crippen LogP contribution in [0, 0.1) is 5.92 Å². The van der Waals surface area contributed by atoms with Crippen LogP contribution in [0.4, 0.5) is 0 Å². The van der Waals surface area contributed by atoms with E-state index in [-0.39, 0.29) is 0 Å². The van der Waals surface area contributed by atoms with Crippen LogP contribution in [0.1, 0.15) is 38.9 Å². The van der Waals surface area contributed by atoms with Gasteiger partial charge in [0.1, 0.15) is 0 Å². The largest absolute Gasteiger partial charge is 0.343 e. The standard InChI is InChI=1S/C13H24N4O/c1-3-6-17-7-4-12(5-8-17)11(2)14-9-13-15-10-18-16-13/h10-12,14H,3-9H2,1-2H3. The molecule has 2 heterocycles. The van der Waals surface area contributed by atoms with Crippen molar-refractivity contribution in [2.75, 3.05) is 19.6 Å². The summed E-state index contributed by atoms with van der Waals surface area (Å²) in [6.45, 7) is 8.95. The first-order valence-corrected chi connectivity index (χ1v) is 7.00. The lowest BCUT2D eigenvalue weighted by atomic mass is 9.90. The Balaban J connectivity index is 1.69. The fourth-order valence-corrected chi connectivity index (χ4v) is 2.68. The number of nitrogens with zero attached hydrogens (tertiary/aromatic N) is 3. The minimum absolute atomic E-state index is 0.521. The van der Waals surface area contributed by atoms with Gasteiger partial charge in [0.15, 0.2) is 5.82 Å². The zero-order chi connectivity index (χ0) is 12.8. The first kappa shape index (κ1) is 13.5. The van der Waals surface area contributed by atoms with E-state index in [1.807, 2.05) is 0 Å². The van der Waals surface area contributed by atoms with Gasteiger partial charge >= 0.3 is 0 Å². The zero-order valence-electron chi connectivity index (χ0n) is 11.4. The molecule has 1 aromatic heterocycles. The molecule has 1 atom stereocenters. The van der Waals surface area contributed by atoms with Gasteiger partial charge in [-0.3, -0.25) is 0 Å². The lowest BCUT2D eigenvalue weighted by molar-refractivity contribution is 0.162. The third kappa shape index (κ3) is 3.78. The summed E-state index contributed by atoms with van der Waals surface area (Å²) < 4.78 is 4.73. The maximum atomic E-state index is 4.73. The van der Waals surface area contributed by atoms with Gasteiger partial charge in [-0.2, -0.15) is 4.98 Å². The van der Waals surface area contributed by atoms with Gasteiger partial charge in [0.25, 0.3) is 0 Å². The molecular formula is C13H24N4O. The Morgan fingerprint density at radius 1 is 1.50 bits per heavy atom. The Kier molecular flexibility index (Phi) is 5.13. The minimum Gasteiger partial charge on any atom is -0.343 e. The van der Waals surface area contributed by atoms with Gasteiger partial charge in [-0.25, -0.2) is 0 Å². The second-order valence-corrected chi connectivity index (χ2v) is 5.20. The molecule has 18 heavy (non-hydrogen) atoms. The van der Waals surface area contributed by atoms with E-state index in [9.17, 15) is 0 Å². The molecule has 0 amide bonds. The van der Waals surface area contributed by atoms with E-state index in [0.29, 0.717) is 12.6 Å². The number of hydrogen-bond acceptors (Lipinski definition) is 5. The molecule has 0 bridgehead atoms. The lowest BCUT2D eigenvalue weighted by Crippen LogP contribution is -2.42. The van der Waals surface area contributed by atoms with Crippen LogP contribution in [0.5, 0.6) is 0 Å². The quantitative estimate of drug-likeness (QED) is 0.834. The maximum absolute atomic E-state index is 4.73. The fraction of sp³-hybridized carbons (Fsp3) is 0.846. The van der Waals surface area contributed by atoms with E-state index >= 15 is 0 Å². The van der Waals surface area contributed by atoms with Crippen molar-refractivity contribution in [2.45, 2.75) is 45.7 Å². The van der Waals surface area contributed by atoms with E-state index < -0.39 is 0 Å². The molecule has 1 aliphatic heterocycles. The summed E-state index contributed by atoms with van der Waals surface area (Å²) in [6, 6.07) is 0.521. The number of likely N-dealkylation sites (tertiary alicyclic amines) is 1. The Labute approximate surface area is 109 Å². The molecule has 0 radical (unpaired) electrons. The second-order valence-electron chi connectivity index (χ2n) is 5.20. The predicted octanol–water partition coefficient (Wildman–Crippen LogP) is 1.67. The molecule has 5 heteroatoms. The molecule has 1 fully saturated rings. The van der Waals surface area contributed by atoms with Crippen LogP contribution in [0.25, 0.3) is 0 Å². The van der Waals surface area contributed by atoms with Crippen molar-refractivity contribution in [3.63, 3.8) is 0 Å². The molecule has 1 unspecified atom stereocenters. The highest BCUT2D eigenvalue weighted by atomic mass is 16.5. The molecule has 5 nitrogen and oxygen atoms in total. The number of nitrogens with one attached hydrogen (secondary N) is 1. The van der Waals surface area contributed by atoms with Gasteiger partial charge < -0.3 is 14.7 Å². The molecule has 2 rings (SSSR count).